The Balaban J connectivity index is 1.82. The molecule has 2 aliphatic rings. The van der Waals surface area contributed by atoms with Crippen molar-refractivity contribution < 1.29 is 9.59 Å². The maximum absolute atomic E-state index is 12.6. The van der Waals surface area contributed by atoms with Gasteiger partial charge in [-0.25, -0.2) is 0 Å². The smallest absolute Gasteiger partial charge is 0.246 e. The van der Waals surface area contributed by atoms with Crippen LogP contribution in [-0.4, -0.2) is 40.2 Å². The first-order valence-corrected chi connectivity index (χ1v) is 7.24. The molecular weight excluding hydrogens is 252 g/mol. The minimum absolute atomic E-state index is 0.0965. The summed E-state index contributed by atoms with van der Waals surface area (Å²) in [5.41, 5.74) is 2.28. The number of rotatable bonds is 2. The fraction of sp³-hybridized carbons (Fsp3) is 0.500. The van der Waals surface area contributed by atoms with Crippen molar-refractivity contribution >= 4 is 11.8 Å². The van der Waals surface area contributed by atoms with E-state index in [-0.39, 0.29) is 23.9 Å². The summed E-state index contributed by atoms with van der Waals surface area (Å²) in [6.07, 6.45) is 1.74. The van der Waals surface area contributed by atoms with Gasteiger partial charge in [0.1, 0.15) is 12.1 Å². The van der Waals surface area contributed by atoms with Crippen molar-refractivity contribution in [2.45, 2.75) is 45.3 Å². The van der Waals surface area contributed by atoms with E-state index < -0.39 is 0 Å². The van der Waals surface area contributed by atoms with Gasteiger partial charge >= 0.3 is 0 Å². The summed E-state index contributed by atoms with van der Waals surface area (Å²) < 4.78 is 0. The molecule has 0 radical (unpaired) electrons. The molecule has 2 fully saturated rings. The monoisotopic (exact) mass is 272 g/mol. The van der Waals surface area contributed by atoms with Crippen molar-refractivity contribution in [3.05, 3.63) is 35.4 Å². The number of amides is 2. The largest absolute Gasteiger partial charge is 0.329 e. The maximum atomic E-state index is 12.6. The predicted octanol–water partition coefficient (Wildman–Crippen LogP) is 1.72. The first kappa shape index (κ1) is 13.2. The number of piperazine rings is 1. The normalized spacial score (nSPS) is 26.1. The van der Waals surface area contributed by atoms with Crippen molar-refractivity contribution in [1.29, 1.82) is 0 Å². The van der Waals surface area contributed by atoms with Gasteiger partial charge in [0.2, 0.25) is 11.8 Å². The van der Waals surface area contributed by atoms with Crippen molar-refractivity contribution in [3.8, 4) is 0 Å². The van der Waals surface area contributed by atoms with Crippen LogP contribution in [-0.2, 0) is 16.1 Å². The second-order valence-corrected chi connectivity index (χ2v) is 5.82. The quantitative estimate of drug-likeness (QED) is 0.822. The van der Waals surface area contributed by atoms with E-state index in [2.05, 4.69) is 0 Å². The Morgan fingerprint density at radius 2 is 1.85 bits per heavy atom. The van der Waals surface area contributed by atoms with Crippen LogP contribution in [0.5, 0.6) is 0 Å². The Morgan fingerprint density at radius 3 is 2.55 bits per heavy atom. The van der Waals surface area contributed by atoms with Crippen LogP contribution in [0.1, 0.15) is 30.9 Å². The third-order valence-corrected chi connectivity index (χ3v) is 4.40. The number of benzene rings is 1. The molecule has 0 N–H and O–H groups in total. The van der Waals surface area contributed by atoms with Gasteiger partial charge in [-0.3, -0.25) is 9.59 Å². The number of aryl methyl sites for hydroxylation is 1. The van der Waals surface area contributed by atoms with Gasteiger partial charge in [-0.05, 0) is 32.3 Å². The van der Waals surface area contributed by atoms with Gasteiger partial charge in [0.25, 0.3) is 0 Å². The molecule has 0 aliphatic carbocycles. The first-order chi connectivity index (χ1) is 9.58. The molecule has 0 unspecified atom stereocenters. The number of fused-ring (bicyclic) bond motifs is 1. The molecule has 2 aliphatic heterocycles. The van der Waals surface area contributed by atoms with Crippen molar-refractivity contribution in [2.24, 2.45) is 0 Å². The predicted molar refractivity (Wildman–Crippen MR) is 75.9 cm³/mol. The zero-order valence-electron chi connectivity index (χ0n) is 12.0. The van der Waals surface area contributed by atoms with Crippen LogP contribution < -0.4 is 0 Å². The van der Waals surface area contributed by atoms with Gasteiger partial charge in [-0.2, -0.15) is 0 Å². The second-order valence-electron chi connectivity index (χ2n) is 5.82. The first-order valence-electron chi connectivity index (χ1n) is 7.24. The lowest BCUT2D eigenvalue weighted by Gasteiger charge is -2.41. The number of hydrogen-bond donors (Lipinski definition) is 0. The topological polar surface area (TPSA) is 40.6 Å². The molecule has 0 aromatic heterocycles. The van der Waals surface area contributed by atoms with Crippen LogP contribution in [0.15, 0.2) is 24.3 Å². The minimum Gasteiger partial charge on any atom is -0.329 e. The SMILES string of the molecule is Cc1ccc(CN2C(=O)[C@H]3CCCN3C(=O)[C@@H]2C)cc1. The molecule has 20 heavy (non-hydrogen) atoms. The fourth-order valence-corrected chi connectivity index (χ4v) is 3.15. The van der Waals surface area contributed by atoms with E-state index >= 15 is 0 Å². The Morgan fingerprint density at radius 1 is 1.15 bits per heavy atom. The maximum Gasteiger partial charge on any atom is 0.246 e. The Kier molecular flexibility index (Phi) is 3.24. The molecule has 3 rings (SSSR count). The zero-order valence-corrected chi connectivity index (χ0v) is 12.0. The molecule has 2 heterocycles. The average molecular weight is 272 g/mol. The van der Waals surface area contributed by atoms with Crippen LogP contribution in [0.25, 0.3) is 0 Å². The number of hydrogen-bond acceptors (Lipinski definition) is 2. The molecule has 2 saturated heterocycles. The molecule has 4 nitrogen and oxygen atoms in total. The molecule has 2 amide bonds. The molecule has 106 valence electrons. The molecule has 4 heteroatoms. The van der Waals surface area contributed by atoms with E-state index in [1.807, 2.05) is 38.1 Å². The van der Waals surface area contributed by atoms with Gasteiger partial charge in [0, 0.05) is 13.1 Å². The van der Waals surface area contributed by atoms with E-state index in [0.717, 1.165) is 24.9 Å². The zero-order chi connectivity index (χ0) is 14.3. The second kappa shape index (κ2) is 4.93. The van der Waals surface area contributed by atoms with Crippen LogP contribution in [0.4, 0.5) is 0 Å². The van der Waals surface area contributed by atoms with Crippen LogP contribution >= 0.6 is 0 Å². The summed E-state index contributed by atoms with van der Waals surface area (Å²) in [5.74, 6) is 0.203. The highest BCUT2D eigenvalue weighted by Crippen LogP contribution is 2.27. The molecule has 0 spiro atoms. The third-order valence-electron chi connectivity index (χ3n) is 4.40. The van der Waals surface area contributed by atoms with E-state index in [1.165, 1.54) is 5.56 Å². The Labute approximate surface area is 119 Å². The summed E-state index contributed by atoms with van der Waals surface area (Å²) in [6.45, 7) is 5.13. The van der Waals surface area contributed by atoms with Crippen molar-refractivity contribution in [2.75, 3.05) is 6.54 Å². The van der Waals surface area contributed by atoms with Gasteiger partial charge < -0.3 is 9.80 Å². The summed E-state index contributed by atoms with van der Waals surface area (Å²) in [7, 11) is 0. The summed E-state index contributed by atoms with van der Waals surface area (Å²) in [5, 5.41) is 0. The lowest BCUT2D eigenvalue weighted by Crippen LogP contribution is -2.61. The van der Waals surface area contributed by atoms with Crippen LogP contribution in [0.3, 0.4) is 0 Å². The van der Waals surface area contributed by atoms with Crippen LogP contribution in [0, 0.1) is 6.92 Å². The standard InChI is InChI=1S/C16H20N2O2/c1-11-5-7-13(8-6-11)10-18-12(2)15(19)17-9-3-4-14(17)16(18)20/h5-8,12,14H,3-4,9-10H2,1-2H3/t12-,14+/m0/s1. The lowest BCUT2D eigenvalue weighted by molar-refractivity contribution is -0.159. The Bertz CT molecular complexity index is 538. The van der Waals surface area contributed by atoms with Crippen LogP contribution in [0.2, 0.25) is 0 Å². The highest BCUT2D eigenvalue weighted by Gasteiger charge is 2.45. The van der Waals surface area contributed by atoms with Gasteiger partial charge in [-0.15, -0.1) is 0 Å². The fourth-order valence-electron chi connectivity index (χ4n) is 3.15. The van der Waals surface area contributed by atoms with E-state index in [0.29, 0.717) is 6.54 Å². The van der Waals surface area contributed by atoms with Gasteiger partial charge in [0.15, 0.2) is 0 Å². The number of carbonyl (C=O) groups is 2. The summed E-state index contributed by atoms with van der Waals surface area (Å²) in [6, 6.07) is 7.57. The summed E-state index contributed by atoms with van der Waals surface area (Å²) >= 11 is 0. The highest BCUT2D eigenvalue weighted by atomic mass is 16.2. The van der Waals surface area contributed by atoms with Crippen molar-refractivity contribution in [3.63, 3.8) is 0 Å². The average Bonchev–Trinajstić information content (AvgIpc) is 2.93. The third kappa shape index (κ3) is 2.09. The Hall–Kier alpha value is -1.84. The van der Waals surface area contributed by atoms with E-state index in [1.54, 1.807) is 9.80 Å². The molecular formula is C16H20N2O2. The molecule has 1 aromatic carbocycles. The van der Waals surface area contributed by atoms with Crippen molar-refractivity contribution in [1.82, 2.24) is 9.80 Å². The minimum atomic E-state index is -0.349. The molecule has 0 saturated carbocycles. The van der Waals surface area contributed by atoms with Gasteiger partial charge in [0.05, 0.1) is 0 Å². The highest BCUT2D eigenvalue weighted by molar-refractivity contribution is 5.97. The molecule has 1 aromatic rings. The van der Waals surface area contributed by atoms with E-state index in [9.17, 15) is 9.59 Å². The summed E-state index contributed by atoms with van der Waals surface area (Å²) in [4.78, 5) is 28.4. The number of carbonyl (C=O) groups excluding carboxylic acids is 2. The molecule has 2 atom stereocenters. The molecule has 0 bridgehead atoms. The van der Waals surface area contributed by atoms with E-state index in [4.69, 9.17) is 0 Å². The lowest BCUT2D eigenvalue weighted by atomic mass is 10.0. The number of nitrogens with zero attached hydrogens (tertiary/aromatic N) is 2. The van der Waals surface area contributed by atoms with Gasteiger partial charge in [-0.1, -0.05) is 29.8 Å².